The van der Waals surface area contributed by atoms with E-state index >= 15 is 0 Å². The predicted octanol–water partition coefficient (Wildman–Crippen LogP) is 5.07. The average molecular weight is 430 g/mol. The number of anilines is 2. The number of rotatable bonds is 4. The highest BCUT2D eigenvalue weighted by Gasteiger charge is 2.19. The summed E-state index contributed by atoms with van der Waals surface area (Å²) in [5, 5.41) is 20.8. The summed E-state index contributed by atoms with van der Waals surface area (Å²) in [7, 11) is 0. The molecular formula is C22H13ClFN7. The minimum atomic E-state index is -0.576. The molecule has 0 aliphatic carbocycles. The van der Waals surface area contributed by atoms with Crippen LogP contribution >= 0.6 is 11.6 Å². The number of hydrogen-bond acceptors (Lipinski definition) is 6. The number of nitrogens with one attached hydrogen (secondary N) is 1. The van der Waals surface area contributed by atoms with Gasteiger partial charge in [0.1, 0.15) is 22.8 Å². The standard InChI is InChI=1S/C22H13ClFN7/c1-13-28-19-12-27-22(29-16-6-4-14(11-26)5-7-16)30-21(19)31(13)20-17(23)9-15(3-2-8-25)10-18(20)24/h2-7,9-10,12H,1H3,(H,27,29,30)/b3-2+. The van der Waals surface area contributed by atoms with E-state index in [0.717, 1.165) is 0 Å². The van der Waals surface area contributed by atoms with Gasteiger partial charge in [-0.15, -0.1) is 0 Å². The van der Waals surface area contributed by atoms with E-state index in [0.29, 0.717) is 33.8 Å². The summed E-state index contributed by atoms with van der Waals surface area (Å²) < 4.78 is 16.5. The zero-order valence-electron chi connectivity index (χ0n) is 16.1. The Labute approximate surface area is 181 Å². The van der Waals surface area contributed by atoms with Crippen LogP contribution in [0.5, 0.6) is 0 Å². The molecule has 0 radical (unpaired) electrons. The first-order valence-electron chi connectivity index (χ1n) is 9.05. The minimum Gasteiger partial charge on any atom is -0.324 e. The molecule has 0 fully saturated rings. The van der Waals surface area contributed by atoms with Crippen molar-refractivity contribution < 1.29 is 4.39 Å². The number of aromatic nitrogens is 4. The number of aryl methyl sites for hydroxylation is 1. The van der Waals surface area contributed by atoms with E-state index < -0.39 is 5.82 Å². The molecule has 150 valence electrons. The molecule has 0 bridgehead atoms. The Hall–Kier alpha value is -4.27. The molecule has 1 N–H and O–H groups in total. The van der Waals surface area contributed by atoms with Gasteiger partial charge in [-0.1, -0.05) is 11.6 Å². The van der Waals surface area contributed by atoms with Crippen LogP contribution in [0.1, 0.15) is 17.0 Å². The normalized spacial score (nSPS) is 10.9. The largest absolute Gasteiger partial charge is 0.324 e. The molecule has 0 unspecified atom stereocenters. The molecule has 7 nitrogen and oxygen atoms in total. The third-order valence-electron chi connectivity index (χ3n) is 4.45. The lowest BCUT2D eigenvalue weighted by Crippen LogP contribution is -2.04. The van der Waals surface area contributed by atoms with Crippen LogP contribution in [0, 0.1) is 35.4 Å². The number of allylic oxidation sites excluding steroid dienone is 1. The summed E-state index contributed by atoms with van der Waals surface area (Å²) in [4.78, 5) is 13.2. The summed E-state index contributed by atoms with van der Waals surface area (Å²) in [5.74, 6) is 0.192. The van der Waals surface area contributed by atoms with E-state index in [1.807, 2.05) is 6.07 Å². The average Bonchev–Trinajstić information content (AvgIpc) is 3.07. The van der Waals surface area contributed by atoms with Gasteiger partial charge in [-0.25, -0.2) is 14.4 Å². The quantitative estimate of drug-likeness (QED) is 0.454. The molecule has 0 spiro atoms. The van der Waals surface area contributed by atoms with Gasteiger partial charge >= 0.3 is 0 Å². The highest BCUT2D eigenvalue weighted by molar-refractivity contribution is 6.32. The summed E-state index contributed by atoms with van der Waals surface area (Å²) in [6.07, 6.45) is 4.25. The molecule has 0 saturated carbocycles. The molecule has 0 amide bonds. The lowest BCUT2D eigenvalue weighted by atomic mass is 10.1. The molecule has 31 heavy (non-hydrogen) atoms. The number of nitriles is 2. The second kappa shape index (κ2) is 8.23. The third kappa shape index (κ3) is 3.93. The van der Waals surface area contributed by atoms with Gasteiger partial charge in [0.2, 0.25) is 5.95 Å². The van der Waals surface area contributed by atoms with Crippen LogP contribution in [0.3, 0.4) is 0 Å². The van der Waals surface area contributed by atoms with Gasteiger partial charge in [0, 0.05) is 11.8 Å². The van der Waals surface area contributed by atoms with Crippen molar-refractivity contribution in [2.45, 2.75) is 6.92 Å². The van der Waals surface area contributed by atoms with Crippen LogP contribution in [0.15, 0.2) is 48.7 Å². The Balaban J connectivity index is 1.79. The van der Waals surface area contributed by atoms with E-state index in [2.05, 4.69) is 26.3 Å². The zero-order valence-corrected chi connectivity index (χ0v) is 16.9. The summed E-state index contributed by atoms with van der Waals surface area (Å²) in [5.41, 5.74) is 2.66. The Kier molecular flexibility index (Phi) is 5.31. The number of halogens is 2. The van der Waals surface area contributed by atoms with Crippen molar-refractivity contribution in [3.05, 3.63) is 76.5 Å². The number of nitrogens with zero attached hydrogens (tertiary/aromatic N) is 6. The van der Waals surface area contributed by atoms with Gasteiger partial charge in [-0.3, -0.25) is 4.57 Å². The van der Waals surface area contributed by atoms with Gasteiger partial charge < -0.3 is 5.32 Å². The van der Waals surface area contributed by atoms with E-state index in [1.54, 1.807) is 37.3 Å². The molecule has 9 heteroatoms. The Morgan fingerprint density at radius 3 is 2.61 bits per heavy atom. The van der Waals surface area contributed by atoms with Crippen LogP contribution in [-0.4, -0.2) is 19.5 Å². The third-order valence-corrected chi connectivity index (χ3v) is 4.74. The van der Waals surface area contributed by atoms with Gasteiger partial charge in [0.15, 0.2) is 5.65 Å². The lowest BCUT2D eigenvalue weighted by Gasteiger charge is -2.11. The van der Waals surface area contributed by atoms with Gasteiger partial charge in [0.05, 0.1) is 28.9 Å². The Bertz CT molecular complexity index is 1390. The maximum Gasteiger partial charge on any atom is 0.229 e. The predicted molar refractivity (Wildman–Crippen MR) is 115 cm³/mol. The summed E-state index contributed by atoms with van der Waals surface area (Å²) >= 11 is 6.38. The highest BCUT2D eigenvalue weighted by atomic mass is 35.5. The van der Waals surface area contributed by atoms with Crippen molar-refractivity contribution in [3.63, 3.8) is 0 Å². The van der Waals surface area contributed by atoms with Crippen molar-refractivity contribution in [3.8, 4) is 17.8 Å². The van der Waals surface area contributed by atoms with Crippen LogP contribution in [0.4, 0.5) is 16.0 Å². The van der Waals surface area contributed by atoms with E-state index in [9.17, 15) is 4.39 Å². The Morgan fingerprint density at radius 2 is 1.94 bits per heavy atom. The maximum atomic E-state index is 15.0. The molecule has 2 aromatic carbocycles. The number of imidazole rings is 1. The molecule has 4 rings (SSSR count). The fourth-order valence-electron chi connectivity index (χ4n) is 3.10. The SMILES string of the molecule is Cc1nc2cnc(Nc3ccc(C#N)cc3)nc2n1-c1c(F)cc(/C=C/C#N)cc1Cl. The second-order valence-corrected chi connectivity index (χ2v) is 6.91. The highest BCUT2D eigenvalue weighted by Crippen LogP contribution is 2.30. The van der Waals surface area contributed by atoms with Gasteiger partial charge in [0.25, 0.3) is 0 Å². The Morgan fingerprint density at radius 1 is 1.16 bits per heavy atom. The second-order valence-electron chi connectivity index (χ2n) is 6.51. The minimum absolute atomic E-state index is 0.110. The topological polar surface area (TPSA) is 103 Å². The molecule has 2 heterocycles. The fourth-order valence-corrected chi connectivity index (χ4v) is 3.40. The van der Waals surface area contributed by atoms with Crippen LogP contribution in [0.2, 0.25) is 5.02 Å². The first-order valence-corrected chi connectivity index (χ1v) is 9.43. The number of fused-ring (bicyclic) bond motifs is 1. The van der Waals surface area contributed by atoms with Crippen LogP contribution in [0.25, 0.3) is 22.9 Å². The smallest absolute Gasteiger partial charge is 0.229 e. The number of hydrogen-bond donors (Lipinski definition) is 1. The maximum absolute atomic E-state index is 15.0. The number of benzene rings is 2. The monoisotopic (exact) mass is 429 g/mol. The van der Waals surface area contributed by atoms with Crippen molar-refractivity contribution in [2.24, 2.45) is 0 Å². The van der Waals surface area contributed by atoms with Crippen LogP contribution < -0.4 is 5.32 Å². The summed E-state index contributed by atoms with van der Waals surface area (Å²) in [6, 6.07) is 13.6. The van der Waals surface area contributed by atoms with Crippen molar-refractivity contribution in [1.82, 2.24) is 19.5 Å². The first-order chi connectivity index (χ1) is 15.0. The van der Waals surface area contributed by atoms with Crippen molar-refractivity contribution >= 4 is 40.5 Å². The molecule has 0 aliphatic heterocycles. The molecule has 2 aromatic heterocycles. The van der Waals surface area contributed by atoms with E-state index in [1.165, 1.54) is 29.0 Å². The fraction of sp³-hybridized carbons (Fsp3) is 0.0455. The molecular weight excluding hydrogens is 417 g/mol. The van der Waals surface area contributed by atoms with Crippen LogP contribution in [-0.2, 0) is 0 Å². The van der Waals surface area contributed by atoms with Gasteiger partial charge in [-0.2, -0.15) is 15.5 Å². The lowest BCUT2D eigenvalue weighted by molar-refractivity contribution is 0.617. The van der Waals surface area contributed by atoms with Crippen molar-refractivity contribution in [1.29, 1.82) is 10.5 Å². The summed E-state index contributed by atoms with van der Waals surface area (Å²) in [6.45, 7) is 1.72. The first kappa shape index (κ1) is 20.0. The molecule has 0 aliphatic rings. The van der Waals surface area contributed by atoms with E-state index in [4.69, 9.17) is 22.1 Å². The van der Waals surface area contributed by atoms with E-state index in [-0.39, 0.29) is 16.7 Å². The van der Waals surface area contributed by atoms with Gasteiger partial charge in [-0.05, 0) is 55.0 Å². The molecule has 4 aromatic rings. The molecule has 0 atom stereocenters. The van der Waals surface area contributed by atoms with Crippen molar-refractivity contribution in [2.75, 3.05) is 5.32 Å². The zero-order chi connectivity index (χ0) is 22.0. The molecule has 0 saturated heterocycles.